The van der Waals surface area contributed by atoms with Crippen molar-refractivity contribution in [3.8, 4) is 0 Å². The van der Waals surface area contributed by atoms with E-state index in [9.17, 15) is 9.18 Å². The lowest BCUT2D eigenvalue weighted by molar-refractivity contribution is -0.115. The molecule has 0 aliphatic rings. The Hall–Kier alpha value is -1.87. The standard InChI is InChI=1S/C14H11ClFNO/c15-13-7-2-1-4-10(13)8-14(18)17-12-6-3-5-11(16)9-12/h1-7,9H,8H2,(H,17,18). The van der Waals surface area contributed by atoms with E-state index < -0.39 is 0 Å². The molecule has 92 valence electrons. The van der Waals surface area contributed by atoms with Crippen LogP contribution in [0.1, 0.15) is 5.56 Å². The summed E-state index contributed by atoms with van der Waals surface area (Å²) in [5, 5.41) is 3.17. The minimum absolute atomic E-state index is 0.163. The molecule has 0 saturated carbocycles. The molecule has 18 heavy (non-hydrogen) atoms. The van der Waals surface area contributed by atoms with Crippen molar-refractivity contribution < 1.29 is 9.18 Å². The number of benzene rings is 2. The van der Waals surface area contributed by atoms with Crippen LogP contribution in [-0.2, 0) is 11.2 Å². The molecular weight excluding hydrogens is 253 g/mol. The number of rotatable bonds is 3. The van der Waals surface area contributed by atoms with Gasteiger partial charge in [-0.25, -0.2) is 4.39 Å². The second-order valence-electron chi connectivity index (χ2n) is 3.83. The largest absolute Gasteiger partial charge is 0.326 e. The van der Waals surface area contributed by atoms with E-state index in [1.165, 1.54) is 12.1 Å². The number of amides is 1. The van der Waals surface area contributed by atoms with E-state index in [0.29, 0.717) is 10.7 Å². The molecule has 4 heteroatoms. The SMILES string of the molecule is O=C(Cc1ccccc1Cl)Nc1cccc(F)c1. The highest BCUT2D eigenvalue weighted by atomic mass is 35.5. The summed E-state index contributed by atoms with van der Waals surface area (Å²) in [5.41, 5.74) is 1.18. The summed E-state index contributed by atoms with van der Waals surface area (Å²) in [5.74, 6) is -0.612. The third-order valence-corrected chi connectivity index (χ3v) is 2.79. The van der Waals surface area contributed by atoms with Crippen LogP contribution in [0.15, 0.2) is 48.5 Å². The topological polar surface area (TPSA) is 29.1 Å². The zero-order chi connectivity index (χ0) is 13.0. The van der Waals surface area contributed by atoms with Crippen LogP contribution in [0, 0.1) is 5.82 Å². The maximum Gasteiger partial charge on any atom is 0.228 e. The van der Waals surface area contributed by atoms with Crippen molar-refractivity contribution in [1.29, 1.82) is 0 Å². The Bertz CT molecular complexity index is 571. The molecule has 0 aliphatic carbocycles. The van der Waals surface area contributed by atoms with Crippen molar-refractivity contribution in [2.45, 2.75) is 6.42 Å². The fraction of sp³-hybridized carbons (Fsp3) is 0.0714. The highest BCUT2D eigenvalue weighted by molar-refractivity contribution is 6.31. The second-order valence-corrected chi connectivity index (χ2v) is 4.23. The molecule has 0 aliphatic heterocycles. The molecule has 0 atom stereocenters. The molecule has 0 saturated heterocycles. The lowest BCUT2D eigenvalue weighted by atomic mass is 10.1. The zero-order valence-corrected chi connectivity index (χ0v) is 10.2. The van der Waals surface area contributed by atoms with E-state index in [1.807, 2.05) is 6.07 Å². The van der Waals surface area contributed by atoms with E-state index in [0.717, 1.165) is 5.56 Å². The molecule has 0 spiro atoms. The second kappa shape index (κ2) is 5.65. The molecule has 1 N–H and O–H groups in total. The van der Waals surface area contributed by atoms with Gasteiger partial charge in [-0.2, -0.15) is 0 Å². The Balaban J connectivity index is 2.03. The first-order valence-electron chi connectivity index (χ1n) is 5.44. The smallest absolute Gasteiger partial charge is 0.228 e. The molecule has 2 aromatic rings. The molecule has 0 heterocycles. The minimum Gasteiger partial charge on any atom is -0.326 e. The van der Waals surface area contributed by atoms with Gasteiger partial charge in [0.2, 0.25) is 5.91 Å². The lowest BCUT2D eigenvalue weighted by Crippen LogP contribution is -2.14. The molecular formula is C14H11ClFNO. The Kier molecular flexibility index (Phi) is 3.95. The van der Waals surface area contributed by atoms with Gasteiger partial charge in [0, 0.05) is 10.7 Å². The summed E-state index contributed by atoms with van der Waals surface area (Å²) >= 11 is 5.96. The number of nitrogens with one attached hydrogen (secondary N) is 1. The van der Waals surface area contributed by atoms with Crippen LogP contribution in [0.3, 0.4) is 0 Å². The van der Waals surface area contributed by atoms with Crippen molar-refractivity contribution >= 4 is 23.2 Å². The average Bonchev–Trinajstić information content (AvgIpc) is 2.32. The van der Waals surface area contributed by atoms with Crippen LogP contribution in [0.25, 0.3) is 0 Å². The average molecular weight is 264 g/mol. The van der Waals surface area contributed by atoms with Crippen LogP contribution in [0.2, 0.25) is 5.02 Å². The summed E-state index contributed by atoms with van der Waals surface area (Å²) in [6.45, 7) is 0. The van der Waals surface area contributed by atoms with Crippen LogP contribution in [0.4, 0.5) is 10.1 Å². The van der Waals surface area contributed by atoms with Gasteiger partial charge in [0.25, 0.3) is 0 Å². The molecule has 0 bridgehead atoms. The Morgan fingerprint density at radius 2 is 1.94 bits per heavy atom. The quantitative estimate of drug-likeness (QED) is 0.900. The van der Waals surface area contributed by atoms with Crippen molar-refractivity contribution in [3.05, 3.63) is 64.9 Å². The van der Waals surface area contributed by atoms with Crippen molar-refractivity contribution in [2.24, 2.45) is 0 Å². The third-order valence-electron chi connectivity index (χ3n) is 2.42. The van der Waals surface area contributed by atoms with E-state index >= 15 is 0 Å². The van der Waals surface area contributed by atoms with E-state index in [-0.39, 0.29) is 18.1 Å². The summed E-state index contributed by atoms with van der Waals surface area (Å²) in [6.07, 6.45) is 0.163. The van der Waals surface area contributed by atoms with Gasteiger partial charge in [-0.15, -0.1) is 0 Å². The van der Waals surface area contributed by atoms with Gasteiger partial charge in [-0.1, -0.05) is 35.9 Å². The van der Waals surface area contributed by atoms with Gasteiger partial charge in [0.05, 0.1) is 6.42 Å². The predicted octanol–water partition coefficient (Wildman–Crippen LogP) is 3.66. The molecule has 1 amide bonds. The number of hydrogen-bond acceptors (Lipinski definition) is 1. The van der Waals surface area contributed by atoms with Crippen LogP contribution < -0.4 is 5.32 Å². The van der Waals surface area contributed by atoms with E-state index in [1.54, 1.807) is 30.3 Å². The molecule has 0 radical (unpaired) electrons. The molecule has 2 nitrogen and oxygen atoms in total. The van der Waals surface area contributed by atoms with Crippen molar-refractivity contribution in [1.82, 2.24) is 0 Å². The molecule has 2 aromatic carbocycles. The lowest BCUT2D eigenvalue weighted by Gasteiger charge is -2.06. The Labute approximate surface area is 109 Å². The first-order chi connectivity index (χ1) is 8.65. The number of hydrogen-bond donors (Lipinski definition) is 1. The highest BCUT2D eigenvalue weighted by Gasteiger charge is 2.07. The van der Waals surface area contributed by atoms with Gasteiger partial charge in [0.15, 0.2) is 0 Å². The molecule has 0 fully saturated rings. The maximum atomic E-state index is 12.9. The highest BCUT2D eigenvalue weighted by Crippen LogP contribution is 2.16. The number of anilines is 1. The third kappa shape index (κ3) is 3.31. The number of halogens is 2. The predicted molar refractivity (Wildman–Crippen MR) is 70.2 cm³/mol. The van der Waals surface area contributed by atoms with Crippen LogP contribution in [0.5, 0.6) is 0 Å². The summed E-state index contributed by atoms with van der Waals surface area (Å²) < 4.78 is 12.9. The normalized spacial score (nSPS) is 10.1. The fourth-order valence-corrected chi connectivity index (χ4v) is 1.79. The number of carbonyl (C=O) groups is 1. The maximum absolute atomic E-state index is 12.9. The van der Waals surface area contributed by atoms with Gasteiger partial charge in [0.1, 0.15) is 5.82 Å². The van der Waals surface area contributed by atoms with Gasteiger partial charge in [-0.05, 0) is 29.8 Å². The molecule has 0 aromatic heterocycles. The summed E-state index contributed by atoms with van der Waals surface area (Å²) in [7, 11) is 0. The first kappa shape index (κ1) is 12.6. The van der Waals surface area contributed by atoms with E-state index in [4.69, 9.17) is 11.6 Å². The summed E-state index contributed by atoms with van der Waals surface area (Å²) in [6, 6.07) is 12.9. The zero-order valence-electron chi connectivity index (χ0n) is 9.49. The van der Waals surface area contributed by atoms with Crippen LogP contribution >= 0.6 is 11.6 Å². The monoisotopic (exact) mass is 263 g/mol. The Morgan fingerprint density at radius 3 is 2.67 bits per heavy atom. The van der Waals surface area contributed by atoms with E-state index in [2.05, 4.69) is 5.32 Å². The van der Waals surface area contributed by atoms with Crippen LogP contribution in [-0.4, -0.2) is 5.91 Å². The number of carbonyl (C=O) groups excluding carboxylic acids is 1. The molecule has 2 rings (SSSR count). The minimum atomic E-state index is -0.384. The van der Waals surface area contributed by atoms with Gasteiger partial charge < -0.3 is 5.32 Å². The van der Waals surface area contributed by atoms with Gasteiger partial charge >= 0.3 is 0 Å². The summed E-state index contributed by atoms with van der Waals surface area (Å²) in [4.78, 5) is 11.8. The fourth-order valence-electron chi connectivity index (χ4n) is 1.59. The van der Waals surface area contributed by atoms with Crippen molar-refractivity contribution in [2.75, 3.05) is 5.32 Å². The van der Waals surface area contributed by atoms with Crippen molar-refractivity contribution in [3.63, 3.8) is 0 Å². The first-order valence-corrected chi connectivity index (χ1v) is 5.82. The van der Waals surface area contributed by atoms with Gasteiger partial charge in [-0.3, -0.25) is 4.79 Å². The Morgan fingerprint density at radius 1 is 1.17 bits per heavy atom. The molecule has 0 unspecified atom stereocenters.